The summed E-state index contributed by atoms with van der Waals surface area (Å²) >= 11 is 0. The number of rotatable bonds is 6. The fourth-order valence-electron chi connectivity index (χ4n) is 7.09. The summed E-state index contributed by atoms with van der Waals surface area (Å²) in [7, 11) is 0. The van der Waals surface area contributed by atoms with Gasteiger partial charge in [0.15, 0.2) is 0 Å². The maximum Gasteiger partial charge on any atom is 0.144 e. The number of benzene rings is 4. The van der Waals surface area contributed by atoms with Crippen LogP contribution in [0.25, 0.3) is 83.5 Å². The van der Waals surface area contributed by atoms with Crippen molar-refractivity contribution < 1.29 is 0 Å². The van der Waals surface area contributed by atoms with E-state index in [0.717, 1.165) is 83.5 Å². The van der Waals surface area contributed by atoms with Crippen LogP contribution in [0, 0.1) is 0 Å². The lowest BCUT2D eigenvalue weighted by Crippen LogP contribution is -1.94. The lowest BCUT2D eigenvalue weighted by Gasteiger charge is -2.14. The molecular formula is C45H30N6. The Morgan fingerprint density at radius 1 is 0.294 bits per heavy atom. The molecule has 0 atom stereocenters. The second-order valence-corrected chi connectivity index (χ2v) is 12.7. The first-order chi connectivity index (χ1) is 25.2. The van der Waals surface area contributed by atoms with Gasteiger partial charge in [0.1, 0.15) is 16.9 Å². The van der Waals surface area contributed by atoms with Gasteiger partial charge in [0.2, 0.25) is 0 Å². The van der Waals surface area contributed by atoms with Crippen molar-refractivity contribution in [3.05, 3.63) is 183 Å². The van der Waals surface area contributed by atoms with Gasteiger partial charge in [-0.2, -0.15) is 0 Å². The van der Waals surface area contributed by atoms with Gasteiger partial charge in [0.25, 0.3) is 0 Å². The minimum atomic E-state index is 0.953. The second kappa shape index (κ2) is 11.8. The van der Waals surface area contributed by atoms with E-state index >= 15 is 0 Å². The minimum Gasteiger partial charge on any atom is -0.301 e. The zero-order chi connectivity index (χ0) is 33.7. The molecule has 0 saturated carbocycles. The largest absolute Gasteiger partial charge is 0.301 e. The van der Waals surface area contributed by atoms with E-state index in [1.54, 1.807) is 0 Å². The molecule has 6 aromatic heterocycles. The van der Waals surface area contributed by atoms with Crippen molar-refractivity contribution in [2.24, 2.45) is 0 Å². The quantitative estimate of drug-likeness (QED) is 0.179. The average Bonchev–Trinajstić information content (AvgIpc) is 3.95. The standard InChI is InChI=1S/C45H30N6/c1-4-34-19-25-49(43(34)46-22-1)40-13-7-31(8-14-40)37-28-38(32-9-15-41(16-10-32)50-26-20-35-5-2-23-47-44(35)50)30-39(29-37)33-11-17-42(18-12-33)51-27-21-36-6-3-24-48-45(36)51/h1-30H. The van der Waals surface area contributed by atoms with Crippen LogP contribution in [0.2, 0.25) is 0 Å². The molecule has 0 aliphatic carbocycles. The van der Waals surface area contributed by atoms with Gasteiger partial charge in [-0.1, -0.05) is 36.4 Å². The topological polar surface area (TPSA) is 53.5 Å². The fourth-order valence-corrected chi connectivity index (χ4v) is 7.09. The summed E-state index contributed by atoms with van der Waals surface area (Å²) in [5, 5.41) is 3.37. The monoisotopic (exact) mass is 654 g/mol. The van der Waals surface area contributed by atoms with E-state index in [9.17, 15) is 0 Å². The van der Waals surface area contributed by atoms with Gasteiger partial charge in [0, 0.05) is 70.4 Å². The molecule has 0 aliphatic heterocycles. The fraction of sp³-hybridized carbons (Fsp3) is 0. The maximum absolute atomic E-state index is 4.62. The minimum absolute atomic E-state index is 0.953. The zero-order valence-corrected chi connectivity index (χ0v) is 27.5. The lowest BCUT2D eigenvalue weighted by atomic mass is 9.93. The Hall–Kier alpha value is -7.05. The van der Waals surface area contributed by atoms with Crippen molar-refractivity contribution in [2.75, 3.05) is 0 Å². The van der Waals surface area contributed by atoms with Crippen LogP contribution in [-0.4, -0.2) is 28.7 Å². The van der Waals surface area contributed by atoms with Crippen molar-refractivity contribution in [2.45, 2.75) is 0 Å². The molecule has 0 aliphatic rings. The van der Waals surface area contributed by atoms with Crippen LogP contribution in [0.3, 0.4) is 0 Å². The van der Waals surface area contributed by atoms with Crippen molar-refractivity contribution in [1.82, 2.24) is 28.7 Å². The van der Waals surface area contributed by atoms with Crippen molar-refractivity contribution in [1.29, 1.82) is 0 Å². The highest BCUT2D eigenvalue weighted by atomic mass is 15.0. The van der Waals surface area contributed by atoms with E-state index in [1.807, 2.05) is 36.8 Å². The number of pyridine rings is 3. The number of aromatic nitrogens is 6. The van der Waals surface area contributed by atoms with Crippen molar-refractivity contribution >= 4 is 33.1 Å². The van der Waals surface area contributed by atoms with Gasteiger partial charge in [-0.3, -0.25) is 0 Å². The first-order valence-electron chi connectivity index (χ1n) is 17.0. The molecule has 6 nitrogen and oxygen atoms in total. The molecule has 6 heteroatoms. The van der Waals surface area contributed by atoms with Crippen molar-refractivity contribution in [3.63, 3.8) is 0 Å². The highest BCUT2D eigenvalue weighted by Crippen LogP contribution is 2.35. The lowest BCUT2D eigenvalue weighted by molar-refractivity contribution is 1.09. The summed E-state index contributed by atoms with van der Waals surface area (Å²) in [6.45, 7) is 0. The summed E-state index contributed by atoms with van der Waals surface area (Å²) in [6, 6.07) is 51.6. The predicted molar refractivity (Wildman–Crippen MR) is 207 cm³/mol. The van der Waals surface area contributed by atoms with E-state index in [1.165, 1.54) is 0 Å². The molecule has 0 bridgehead atoms. The van der Waals surface area contributed by atoms with E-state index in [2.05, 4.69) is 175 Å². The second-order valence-electron chi connectivity index (χ2n) is 12.7. The summed E-state index contributed by atoms with van der Waals surface area (Å²) in [4.78, 5) is 13.8. The summed E-state index contributed by atoms with van der Waals surface area (Å²) in [5.74, 6) is 0. The smallest absolute Gasteiger partial charge is 0.144 e. The summed E-state index contributed by atoms with van der Waals surface area (Å²) < 4.78 is 6.41. The first-order valence-corrected chi connectivity index (χ1v) is 17.0. The SMILES string of the molecule is c1cnc2c(c1)ccn2-c1ccc(-c2cc(-c3ccc(-n4ccc5cccnc54)cc3)cc(-c3ccc(-n4ccc5cccnc54)cc3)c2)cc1. The number of hydrogen-bond acceptors (Lipinski definition) is 3. The Bertz CT molecular complexity index is 2510. The molecule has 240 valence electrons. The van der Waals surface area contributed by atoms with Crippen LogP contribution in [0.15, 0.2) is 183 Å². The third-order valence-electron chi connectivity index (χ3n) is 9.71. The van der Waals surface area contributed by atoms with Crippen LogP contribution in [0.4, 0.5) is 0 Å². The van der Waals surface area contributed by atoms with Gasteiger partial charge in [0.05, 0.1) is 0 Å². The van der Waals surface area contributed by atoms with Gasteiger partial charge in [-0.05, 0) is 143 Å². The van der Waals surface area contributed by atoms with Crippen LogP contribution in [0.1, 0.15) is 0 Å². The van der Waals surface area contributed by atoms with Crippen molar-refractivity contribution in [3.8, 4) is 50.4 Å². The first kappa shape index (κ1) is 28.9. The highest BCUT2D eigenvalue weighted by molar-refractivity contribution is 5.84. The van der Waals surface area contributed by atoms with E-state index in [4.69, 9.17) is 0 Å². The molecule has 10 rings (SSSR count). The molecule has 0 radical (unpaired) electrons. The molecular weight excluding hydrogens is 625 g/mol. The van der Waals surface area contributed by atoms with Gasteiger partial charge in [-0.15, -0.1) is 0 Å². The van der Waals surface area contributed by atoms with Gasteiger partial charge < -0.3 is 13.7 Å². The molecule has 0 fully saturated rings. The molecule has 10 aromatic rings. The Morgan fingerprint density at radius 2 is 0.588 bits per heavy atom. The van der Waals surface area contributed by atoms with Crippen LogP contribution < -0.4 is 0 Å². The normalized spacial score (nSPS) is 11.5. The van der Waals surface area contributed by atoms with Gasteiger partial charge in [-0.25, -0.2) is 15.0 Å². The van der Waals surface area contributed by atoms with E-state index in [-0.39, 0.29) is 0 Å². The Labute approximate surface area is 294 Å². The summed E-state index contributed by atoms with van der Waals surface area (Å²) in [5.41, 5.74) is 13.0. The molecule has 0 N–H and O–H groups in total. The molecule has 4 aromatic carbocycles. The molecule has 0 saturated heterocycles. The van der Waals surface area contributed by atoms with Crippen LogP contribution in [0.5, 0.6) is 0 Å². The zero-order valence-electron chi connectivity index (χ0n) is 27.5. The number of nitrogens with zero attached hydrogens (tertiary/aromatic N) is 6. The molecule has 6 heterocycles. The Balaban J connectivity index is 1.05. The average molecular weight is 655 g/mol. The Kier molecular flexibility index (Phi) is 6.70. The predicted octanol–water partition coefficient (Wildman–Crippen LogP) is 10.7. The highest BCUT2D eigenvalue weighted by Gasteiger charge is 2.12. The maximum atomic E-state index is 4.62. The third-order valence-corrected chi connectivity index (χ3v) is 9.71. The number of fused-ring (bicyclic) bond motifs is 3. The van der Waals surface area contributed by atoms with Crippen LogP contribution in [-0.2, 0) is 0 Å². The molecule has 0 spiro atoms. The number of hydrogen-bond donors (Lipinski definition) is 0. The van der Waals surface area contributed by atoms with Crippen LogP contribution >= 0.6 is 0 Å². The molecule has 0 unspecified atom stereocenters. The van der Waals surface area contributed by atoms with E-state index < -0.39 is 0 Å². The Morgan fingerprint density at radius 3 is 0.882 bits per heavy atom. The third kappa shape index (κ3) is 5.09. The van der Waals surface area contributed by atoms with Gasteiger partial charge >= 0.3 is 0 Å². The molecule has 51 heavy (non-hydrogen) atoms. The summed E-state index contributed by atoms with van der Waals surface area (Å²) in [6.07, 6.45) is 11.8. The van der Waals surface area contributed by atoms with E-state index in [0.29, 0.717) is 0 Å². The molecule has 0 amide bonds.